The van der Waals surface area contributed by atoms with Gasteiger partial charge in [-0.15, -0.1) is 0 Å². The van der Waals surface area contributed by atoms with Crippen LogP contribution in [0.1, 0.15) is 25.3 Å². The van der Waals surface area contributed by atoms with Gasteiger partial charge in [-0.1, -0.05) is 11.6 Å². The minimum Gasteiger partial charge on any atom is -0.466 e. The highest BCUT2D eigenvalue weighted by molar-refractivity contribution is 9.10. The molecule has 1 aromatic carbocycles. The van der Waals surface area contributed by atoms with Crippen LogP contribution in [0.25, 0.3) is 10.9 Å². The van der Waals surface area contributed by atoms with Crippen LogP contribution >= 0.6 is 27.5 Å². The molecular formula is C14H15BrClNO2. The molecule has 3 nitrogen and oxygen atoms in total. The number of aromatic nitrogens is 1. The number of fused-ring (bicyclic) bond motifs is 1. The van der Waals surface area contributed by atoms with Gasteiger partial charge in [-0.2, -0.15) is 0 Å². The Labute approximate surface area is 125 Å². The fourth-order valence-electron chi connectivity index (χ4n) is 2.07. The molecule has 2 rings (SSSR count). The van der Waals surface area contributed by atoms with E-state index >= 15 is 0 Å². The maximum atomic E-state index is 11.3. The first kappa shape index (κ1) is 14.4. The summed E-state index contributed by atoms with van der Waals surface area (Å²) in [6.45, 7) is 2.25. The Morgan fingerprint density at radius 2 is 2.26 bits per heavy atom. The number of hydrogen-bond acceptors (Lipinski definition) is 2. The lowest BCUT2D eigenvalue weighted by Gasteiger charge is -2.02. The van der Waals surface area contributed by atoms with Crippen LogP contribution < -0.4 is 0 Å². The average Bonchev–Trinajstić information content (AvgIpc) is 2.66. The van der Waals surface area contributed by atoms with E-state index in [2.05, 4.69) is 20.9 Å². The largest absolute Gasteiger partial charge is 0.466 e. The molecule has 0 amide bonds. The molecule has 1 heterocycles. The van der Waals surface area contributed by atoms with Gasteiger partial charge in [0.2, 0.25) is 0 Å². The molecule has 0 radical (unpaired) electrons. The summed E-state index contributed by atoms with van der Waals surface area (Å²) in [7, 11) is 0. The predicted octanol–water partition coefficient (Wildman–Crippen LogP) is 4.47. The van der Waals surface area contributed by atoms with Crippen LogP contribution in [-0.4, -0.2) is 17.6 Å². The van der Waals surface area contributed by atoms with Crippen LogP contribution in [0.5, 0.6) is 0 Å². The maximum absolute atomic E-state index is 11.3. The van der Waals surface area contributed by atoms with Crippen molar-refractivity contribution >= 4 is 44.4 Å². The van der Waals surface area contributed by atoms with Crippen molar-refractivity contribution in [2.45, 2.75) is 26.2 Å². The first-order chi connectivity index (χ1) is 9.11. The van der Waals surface area contributed by atoms with Gasteiger partial charge >= 0.3 is 5.97 Å². The Hall–Kier alpha value is -1.00. The smallest absolute Gasteiger partial charge is 0.305 e. The lowest BCUT2D eigenvalue weighted by atomic mass is 10.1. The number of rotatable bonds is 5. The molecule has 0 aliphatic carbocycles. The number of H-pyrrole nitrogens is 1. The Morgan fingerprint density at radius 1 is 1.47 bits per heavy atom. The summed E-state index contributed by atoms with van der Waals surface area (Å²) in [4.78, 5) is 14.6. The highest BCUT2D eigenvalue weighted by Gasteiger charge is 2.11. The van der Waals surface area contributed by atoms with Gasteiger partial charge in [-0.3, -0.25) is 4.79 Å². The minimum atomic E-state index is -0.142. The summed E-state index contributed by atoms with van der Waals surface area (Å²) in [5.41, 5.74) is 2.20. The fraction of sp³-hybridized carbons (Fsp3) is 0.357. The number of benzene rings is 1. The summed E-state index contributed by atoms with van der Waals surface area (Å²) in [5, 5.41) is 1.81. The Balaban J connectivity index is 2.09. The summed E-state index contributed by atoms with van der Waals surface area (Å²) in [6.07, 6.45) is 2.00. The molecule has 0 fully saturated rings. The van der Waals surface area contributed by atoms with E-state index in [4.69, 9.17) is 16.3 Å². The van der Waals surface area contributed by atoms with Crippen LogP contribution in [0.15, 0.2) is 22.8 Å². The molecule has 0 bridgehead atoms. The van der Waals surface area contributed by atoms with Crippen LogP contribution in [0.4, 0.5) is 0 Å². The summed E-state index contributed by atoms with van der Waals surface area (Å²) < 4.78 is 5.87. The Morgan fingerprint density at radius 3 is 3.00 bits per heavy atom. The van der Waals surface area contributed by atoms with Crippen molar-refractivity contribution in [1.29, 1.82) is 0 Å². The second kappa shape index (κ2) is 6.44. The zero-order valence-electron chi connectivity index (χ0n) is 10.6. The van der Waals surface area contributed by atoms with Crippen molar-refractivity contribution in [3.8, 4) is 0 Å². The quantitative estimate of drug-likeness (QED) is 0.813. The number of ether oxygens (including phenoxy) is 1. The summed E-state index contributed by atoms with van der Waals surface area (Å²) in [6, 6.07) is 5.75. The molecular weight excluding hydrogens is 330 g/mol. The molecule has 1 N–H and O–H groups in total. The number of carbonyl (C=O) groups excluding carboxylic acids is 1. The van der Waals surface area contributed by atoms with Gasteiger partial charge < -0.3 is 9.72 Å². The van der Waals surface area contributed by atoms with Gasteiger partial charge in [0.1, 0.15) is 0 Å². The molecule has 19 heavy (non-hydrogen) atoms. The number of halogens is 2. The molecule has 5 heteroatoms. The molecule has 0 saturated carbocycles. The first-order valence-electron chi connectivity index (χ1n) is 6.23. The van der Waals surface area contributed by atoms with Crippen LogP contribution in [0.3, 0.4) is 0 Å². The molecule has 0 atom stereocenters. The molecule has 102 valence electrons. The van der Waals surface area contributed by atoms with E-state index < -0.39 is 0 Å². The van der Waals surface area contributed by atoms with E-state index in [1.165, 1.54) is 0 Å². The van der Waals surface area contributed by atoms with Gasteiger partial charge in [0.25, 0.3) is 0 Å². The van der Waals surface area contributed by atoms with E-state index in [-0.39, 0.29) is 5.97 Å². The van der Waals surface area contributed by atoms with Gasteiger partial charge in [0.05, 0.1) is 11.2 Å². The Bertz CT molecular complexity index is 594. The molecule has 0 spiro atoms. The second-order valence-electron chi connectivity index (χ2n) is 4.27. The van der Waals surface area contributed by atoms with Crippen LogP contribution in [-0.2, 0) is 16.0 Å². The predicted molar refractivity (Wildman–Crippen MR) is 80.6 cm³/mol. The number of esters is 1. The van der Waals surface area contributed by atoms with Crippen molar-refractivity contribution < 1.29 is 9.53 Å². The fourth-order valence-corrected chi connectivity index (χ4v) is 2.87. The third-order valence-electron chi connectivity index (χ3n) is 2.93. The van der Waals surface area contributed by atoms with Crippen molar-refractivity contribution in [3.05, 3.63) is 33.4 Å². The SMILES string of the molecule is CCOC(=O)CCCc1c(Br)[nH]c2ccc(Cl)cc12. The normalized spacial score (nSPS) is 10.9. The minimum absolute atomic E-state index is 0.142. The zero-order chi connectivity index (χ0) is 13.8. The van der Waals surface area contributed by atoms with E-state index in [0.717, 1.165) is 33.9 Å². The topological polar surface area (TPSA) is 42.1 Å². The van der Waals surface area contributed by atoms with Gasteiger partial charge in [-0.05, 0) is 59.5 Å². The maximum Gasteiger partial charge on any atom is 0.305 e. The molecule has 2 aromatic rings. The third-order valence-corrected chi connectivity index (χ3v) is 3.84. The van der Waals surface area contributed by atoms with E-state index in [1.54, 1.807) is 0 Å². The lowest BCUT2D eigenvalue weighted by molar-refractivity contribution is -0.143. The van der Waals surface area contributed by atoms with Crippen molar-refractivity contribution in [3.63, 3.8) is 0 Å². The van der Waals surface area contributed by atoms with Crippen molar-refractivity contribution in [1.82, 2.24) is 4.98 Å². The van der Waals surface area contributed by atoms with Gasteiger partial charge in [0.15, 0.2) is 0 Å². The van der Waals surface area contributed by atoms with Crippen molar-refractivity contribution in [2.75, 3.05) is 6.61 Å². The lowest BCUT2D eigenvalue weighted by Crippen LogP contribution is -2.04. The monoisotopic (exact) mass is 343 g/mol. The van der Waals surface area contributed by atoms with Gasteiger partial charge in [-0.25, -0.2) is 0 Å². The zero-order valence-corrected chi connectivity index (χ0v) is 13.0. The van der Waals surface area contributed by atoms with E-state index in [0.29, 0.717) is 18.1 Å². The van der Waals surface area contributed by atoms with Gasteiger partial charge in [0, 0.05) is 22.3 Å². The highest BCUT2D eigenvalue weighted by Crippen LogP contribution is 2.30. The standard InChI is InChI=1S/C14H15BrClNO2/c1-2-19-13(18)5-3-4-10-11-8-9(16)6-7-12(11)17-14(10)15/h6-8,17H,2-5H2,1H3. The molecule has 0 aliphatic rings. The van der Waals surface area contributed by atoms with Crippen molar-refractivity contribution in [2.24, 2.45) is 0 Å². The molecule has 0 aliphatic heterocycles. The number of aryl methyl sites for hydroxylation is 1. The number of carbonyl (C=O) groups is 1. The highest BCUT2D eigenvalue weighted by atomic mass is 79.9. The van der Waals surface area contributed by atoms with E-state index in [9.17, 15) is 4.79 Å². The molecule has 0 unspecified atom stereocenters. The average molecular weight is 345 g/mol. The summed E-state index contributed by atoms with van der Waals surface area (Å²) in [5.74, 6) is -0.142. The Kier molecular flexibility index (Phi) is 4.88. The second-order valence-corrected chi connectivity index (χ2v) is 5.50. The molecule has 1 aromatic heterocycles. The summed E-state index contributed by atoms with van der Waals surface area (Å²) >= 11 is 9.54. The first-order valence-corrected chi connectivity index (χ1v) is 7.40. The number of nitrogens with one attached hydrogen (secondary N) is 1. The number of aromatic amines is 1. The molecule has 0 saturated heterocycles. The number of hydrogen-bond donors (Lipinski definition) is 1. The van der Waals surface area contributed by atoms with Crippen LogP contribution in [0, 0.1) is 0 Å². The van der Waals surface area contributed by atoms with E-state index in [1.807, 2.05) is 25.1 Å². The van der Waals surface area contributed by atoms with Crippen LogP contribution in [0.2, 0.25) is 5.02 Å². The third kappa shape index (κ3) is 3.51.